The molecule has 0 aliphatic rings. The van der Waals surface area contributed by atoms with Gasteiger partial charge in [-0.1, -0.05) is 0 Å². The minimum atomic E-state index is -1.24. The summed E-state index contributed by atoms with van der Waals surface area (Å²) in [4.78, 5) is 76.7. The van der Waals surface area contributed by atoms with Crippen molar-refractivity contribution in [3.63, 3.8) is 0 Å². The lowest BCUT2D eigenvalue weighted by Crippen LogP contribution is -2.46. The molecule has 0 fully saturated rings. The van der Waals surface area contributed by atoms with Crippen LogP contribution in [0, 0.1) is 0 Å². The Bertz CT molecular complexity index is 593. The van der Waals surface area contributed by atoms with E-state index in [9.17, 15) is 33.6 Å². The molecule has 0 heterocycles. The van der Waals surface area contributed by atoms with Crippen LogP contribution in [0.2, 0.25) is 0 Å². The molecule has 0 aromatic carbocycles. The highest BCUT2D eigenvalue weighted by atomic mass is 16.4. The lowest BCUT2D eigenvalue weighted by molar-refractivity contribution is -0.137. The molecule has 0 aliphatic carbocycles. The summed E-state index contributed by atoms with van der Waals surface area (Å²) in [5.74, 6) is -4.59. The van der Waals surface area contributed by atoms with Crippen LogP contribution >= 0.6 is 0 Å². The quantitative estimate of drug-likeness (QED) is 0.151. The number of carbonyl (C=O) groups excluding carboxylic acids is 6. The number of hydrogen-bond acceptors (Lipinski definition) is 7. The van der Waals surface area contributed by atoms with Crippen LogP contribution in [0.15, 0.2) is 0 Å². The molecule has 27 heavy (non-hydrogen) atoms. The van der Waals surface area contributed by atoms with Gasteiger partial charge in [0.15, 0.2) is 0 Å². The van der Waals surface area contributed by atoms with Gasteiger partial charge in [0.05, 0.1) is 32.7 Å². The van der Waals surface area contributed by atoms with Crippen LogP contribution in [0.25, 0.3) is 0 Å². The van der Waals surface area contributed by atoms with Crippen LogP contribution < -0.4 is 31.9 Å². The molecular weight excluding hydrogens is 368 g/mol. The monoisotopic (exact) mass is 388 g/mol. The number of carboxylic acids is 1. The Labute approximate surface area is 152 Å². The van der Waals surface area contributed by atoms with E-state index >= 15 is 0 Å². The molecule has 150 valence electrons. The molecule has 0 aromatic rings. The predicted molar refractivity (Wildman–Crippen MR) is 86.8 cm³/mol. The Morgan fingerprint density at radius 2 is 0.852 bits per heavy atom. The minimum Gasteiger partial charge on any atom is -0.480 e. The van der Waals surface area contributed by atoms with Gasteiger partial charge < -0.3 is 37.0 Å². The number of hydrogen-bond donors (Lipinski definition) is 7. The van der Waals surface area contributed by atoms with E-state index in [1.807, 2.05) is 5.32 Å². The average Bonchev–Trinajstić information content (AvgIpc) is 2.63. The van der Waals surface area contributed by atoms with E-state index in [2.05, 4.69) is 26.6 Å². The summed E-state index contributed by atoms with van der Waals surface area (Å²) in [5.41, 5.74) is 0. The highest BCUT2D eigenvalue weighted by molar-refractivity contribution is 5.91. The van der Waals surface area contributed by atoms with E-state index in [-0.39, 0.29) is 6.54 Å². The topological polar surface area (TPSA) is 212 Å². The molecule has 14 nitrogen and oxygen atoms in total. The number of aliphatic carboxylic acids is 1. The van der Waals surface area contributed by atoms with E-state index < -0.39 is 68.2 Å². The second-order valence-electron chi connectivity index (χ2n) is 4.78. The molecule has 0 rings (SSSR count). The van der Waals surface area contributed by atoms with Gasteiger partial charge in [0.1, 0.15) is 6.54 Å². The van der Waals surface area contributed by atoms with Crippen LogP contribution in [0.1, 0.15) is 0 Å². The first-order valence-electron chi connectivity index (χ1n) is 7.47. The maximum Gasteiger partial charge on any atom is 0.322 e. The van der Waals surface area contributed by atoms with Crippen molar-refractivity contribution in [2.45, 2.75) is 0 Å². The van der Waals surface area contributed by atoms with Gasteiger partial charge in [-0.25, -0.2) is 0 Å². The Balaban J connectivity index is 3.83. The maximum absolute atomic E-state index is 11.5. The summed E-state index contributed by atoms with van der Waals surface area (Å²) >= 11 is 0. The van der Waals surface area contributed by atoms with Crippen molar-refractivity contribution in [1.82, 2.24) is 31.9 Å². The molecule has 0 aliphatic heterocycles. The number of carboxylic acid groups (broad SMARTS) is 1. The molecule has 0 saturated carbocycles. The standard InChI is InChI=1S/C13H20N6O8/c20-7-14-1-8(21)15-2-9(22)16-3-10(23)17-4-11(24)18-5-12(25)19-6-13(26)27/h7H,1-6H2,(H,14,20)(H,15,21)(H,16,22)(H,17,23)(H,18,24)(H,19,25)(H,26,27). The predicted octanol–water partition coefficient (Wildman–Crippen LogP) is -5.60. The number of amides is 6. The fourth-order valence-electron chi connectivity index (χ4n) is 1.34. The van der Waals surface area contributed by atoms with Crippen LogP contribution in [0.4, 0.5) is 0 Å². The number of carbonyl (C=O) groups is 7. The highest BCUT2D eigenvalue weighted by Crippen LogP contribution is 1.72. The Morgan fingerprint density at radius 1 is 0.556 bits per heavy atom. The molecule has 0 spiro atoms. The molecular formula is C13H20N6O8. The minimum absolute atomic E-state index is 0.291. The average molecular weight is 388 g/mol. The molecule has 0 bridgehead atoms. The molecule has 14 heteroatoms. The molecule has 0 unspecified atom stereocenters. The van der Waals surface area contributed by atoms with Crippen LogP contribution in [-0.2, 0) is 33.6 Å². The lowest BCUT2D eigenvalue weighted by Gasteiger charge is -2.08. The fourth-order valence-corrected chi connectivity index (χ4v) is 1.34. The second kappa shape index (κ2) is 13.6. The summed E-state index contributed by atoms with van der Waals surface area (Å²) in [6, 6.07) is 0. The normalized spacial score (nSPS) is 9.33. The SMILES string of the molecule is O=CNCC(=O)NCC(=O)NCC(=O)NCC(=O)NCC(=O)NCC(=O)O. The maximum atomic E-state index is 11.5. The van der Waals surface area contributed by atoms with Gasteiger partial charge in [-0.2, -0.15) is 0 Å². The van der Waals surface area contributed by atoms with Crippen molar-refractivity contribution < 1.29 is 38.7 Å². The van der Waals surface area contributed by atoms with E-state index in [0.717, 1.165) is 0 Å². The van der Waals surface area contributed by atoms with Gasteiger partial charge in [0, 0.05) is 0 Å². The number of nitrogens with one attached hydrogen (secondary N) is 6. The van der Waals surface area contributed by atoms with Gasteiger partial charge >= 0.3 is 5.97 Å². The summed E-state index contributed by atoms with van der Waals surface area (Å²) < 4.78 is 0. The molecule has 7 N–H and O–H groups in total. The van der Waals surface area contributed by atoms with Crippen molar-refractivity contribution in [3.8, 4) is 0 Å². The Morgan fingerprint density at radius 3 is 1.15 bits per heavy atom. The molecule has 0 aromatic heterocycles. The zero-order valence-electron chi connectivity index (χ0n) is 14.1. The van der Waals surface area contributed by atoms with Gasteiger partial charge in [-0.3, -0.25) is 33.6 Å². The van der Waals surface area contributed by atoms with Crippen molar-refractivity contribution in [1.29, 1.82) is 0 Å². The van der Waals surface area contributed by atoms with Crippen molar-refractivity contribution in [3.05, 3.63) is 0 Å². The zero-order chi connectivity index (χ0) is 20.7. The third-order valence-corrected chi connectivity index (χ3v) is 2.57. The van der Waals surface area contributed by atoms with Crippen molar-refractivity contribution in [2.75, 3.05) is 39.3 Å². The molecule has 6 amide bonds. The van der Waals surface area contributed by atoms with E-state index in [4.69, 9.17) is 5.11 Å². The van der Waals surface area contributed by atoms with Gasteiger partial charge in [-0.15, -0.1) is 0 Å². The number of rotatable bonds is 13. The summed E-state index contributed by atoms with van der Waals surface area (Å²) in [5, 5.41) is 21.2. The Kier molecular flexibility index (Phi) is 11.7. The third kappa shape index (κ3) is 14.3. The van der Waals surface area contributed by atoms with Crippen LogP contribution in [0.5, 0.6) is 0 Å². The summed E-state index contributed by atoms with van der Waals surface area (Å²) in [6.07, 6.45) is 0.322. The molecule has 0 atom stereocenters. The van der Waals surface area contributed by atoms with Gasteiger partial charge in [0.2, 0.25) is 35.9 Å². The van der Waals surface area contributed by atoms with Crippen molar-refractivity contribution >= 4 is 41.9 Å². The van der Waals surface area contributed by atoms with Crippen LogP contribution in [-0.4, -0.2) is 86.3 Å². The first-order chi connectivity index (χ1) is 12.7. The van der Waals surface area contributed by atoms with Gasteiger partial charge in [0.25, 0.3) is 0 Å². The van der Waals surface area contributed by atoms with Gasteiger partial charge in [-0.05, 0) is 0 Å². The van der Waals surface area contributed by atoms with E-state index in [1.165, 1.54) is 0 Å². The fraction of sp³-hybridized carbons (Fsp3) is 0.462. The molecule has 0 radical (unpaired) electrons. The highest BCUT2D eigenvalue weighted by Gasteiger charge is 2.10. The Hall–Kier alpha value is -3.71. The van der Waals surface area contributed by atoms with E-state index in [1.54, 1.807) is 0 Å². The zero-order valence-corrected chi connectivity index (χ0v) is 14.1. The summed E-state index contributed by atoms with van der Waals surface area (Å²) in [6.45, 7) is -2.65. The largest absolute Gasteiger partial charge is 0.480 e. The first kappa shape index (κ1) is 23.3. The van der Waals surface area contributed by atoms with Crippen molar-refractivity contribution in [2.24, 2.45) is 0 Å². The smallest absolute Gasteiger partial charge is 0.322 e. The lowest BCUT2D eigenvalue weighted by atomic mass is 10.4. The third-order valence-electron chi connectivity index (χ3n) is 2.57. The molecule has 0 saturated heterocycles. The van der Waals surface area contributed by atoms with Crippen LogP contribution in [0.3, 0.4) is 0 Å². The first-order valence-corrected chi connectivity index (χ1v) is 7.47. The van der Waals surface area contributed by atoms with E-state index in [0.29, 0.717) is 6.41 Å². The summed E-state index contributed by atoms with van der Waals surface area (Å²) in [7, 11) is 0. The second-order valence-corrected chi connectivity index (χ2v) is 4.78.